The van der Waals surface area contributed by atoms with Crippen LogP contribution >= 0.6 is 11.3 Å². The molecule has 1 aliphatic heterocycles. The van der Waals surface area contributed by atoms with Crippen LogP contribution in [0.5, 0.6) is 0 Å². The number of nitrogens with one attached hydrogen (secondary N) is 2. The van der Waals surface area contributed by atoms with E-state index < -0.39 is 0 Å². The Balaban J connectivity index is 1.58. The molecule has 2 heterocycles. The summed E-state index contributed by atoms with van der Waals surface area (Å²) in [5.74, 6) is 1.35. The molecule has 5 heteroatoms. The van der Waals surface area contributed by atoms with Crippen molar-refractivity contribution in [2.24, 2.45) is 5.92 Å². The first kappa shape index (κ1) is 12.1. The lowest BCUT2D eigenvalue weighted by Crippen LogP contribution is -2.45. The molecule has 2 atom stereocenters. The molecule has 18 heavy (non-hydrogen) atoms. The largest absolute Gasteiger partial charge is 0.306 e. The van der Waals surface area contributed by atoms with E-state index in [0.717, 1.165) is 30.2 Å². The van der Waals surface area contributed by atoms with E-state index in [1.807, 2.05) is 0 Å². The summed E-state index contributed by atoms with van der Waals surface area (Å²) in [4.78, 5) is 16.6. The second-order valence-electron chi connectivity index (χ2n) is 5.48. The van der Waals surface area contributed by atoms with E-state index in [9.17, 15) is 4.79 Å². The highest BCUT2D eigenvalue weighted by Gasteiger charge is 2.28. The summed E-state index contributed by atoms with van der Waals surface area (Å²) in [5.41, 5.74) is 1.15. The minimum absolute atomic E-state index is 0.0537. The Bertz CT molecular complexity index is 441. The molecule has 0 aromatic carbocycles. The number of carbonyl (C=O) groups is 1. The van der Waals surface area contributed by atoms with Crippen LogP contribution in [0.3, 0.4) is 0 Å². The molecule has 1 aromatic rings. The lowest BCUT2D eigenvalue weighted by molar-refractivity contribution is -0.119. The summed E-state index contributed by atoms with van der Waals surface area (Å²) < 4.78 is 0. The van der Waals surface area contributed by atoms with E-state index in [1.54, 1.807) is 11.3 Å². The lowest BCUT2D eigenvalue weighted by Gasteiger charge is -2.26. The number of hydrogen-bond donors (Lipinski definition) is 2. The minimum Gasteiger partial charge on any atom is -0.306 e. The van der Waals surface area contributed by atoms with Crippen LogP contribution in [0.15, 0.2) is 5.38 Å². The van der Waals surface area contributed by atoms with Crippen molar-refractivity contribution in [1.29, 1.82) is 0 Å². The molecule has 1 amide bonds. The Labute approximate surface area is 111 Å². The fraction of sp³-hybridized carbons (Fsp3) is 0.692. The number of carbonyl (C=O) groups excluding carboxylic acids is 1. The highest BCUT2D eigenvalue weighted by atomic mass is 32.1. The molecule has 2 fully saturated rings. The number of anilines is 1. The summed E-state index contributed by atoms with van der Waals surface area (Å²) in [7, 11) is 0. The highest BCUT2D eigenvalue weighted by Crippen LogP contribution is 2.40. The van der Waals surface area contributed by atoms with Gasteiger partial charge in [-0.2, -0.15) is 0 Å². The van der Waals surface area contributed by atoms with Gasteiger partial charge in [0.2, 0.25) is 5.91 Å². The molecular formula is C13H19N3OS. The van der Waals surface area contributed by atoms with Crippen molar-refractivity contribution in [3.63, 3.8) is 0 Å². The Hall–Kier alpha value is -0.940. The summed E-state index contributed by atoms with van der Waals surface area (Å²) in [6, 6.07) is -0.0537. The summed E-state index contributed by atoms with van der Waals surface area (Å²) in [5, 5.41) is 9.04. The molecule has 2 N–H and O–H groups in total. The second kappa shape index (κ2) is 4.97. The molecule has 3 rings (SSSR count). The van der Waals surface area contributed by atoms with Gasteiger partial charge in [0.1, 0.15) is 0 Å². The molecule has 98 valence electrons. The standard InChI is InChI=1S/C13H19N3OS/c1-8-4-5-14-10(6-8)12(17)16-13-15-11(7-18-13)9-2-3-9/h7-10,14H,2-6H2,1H3,(H,15,16,17). The fourth-order valence-corrected chi connectivity index (χ4v) is 3.21. The Morgan fingerprint density at radius 1 is 1.50 bits per heavy atom. The normalized spacial score (nSPS) is 28.1. The van der Waals surface area contributed by atoms with Crippen molar-refractivity contribution in [3.8, 4) is 0 Å². The maximum absolute atomic E-state index is 12.1. The third kappa shape index (κ3) is 2.72. The van der Waals surface area contributed by atoms with Gasteiger partial charge in [0, 0.05) is 11.3 Å². The molecule has 2 unspecified atom stereocenters. The van der Waals surface area contributed by atoms with E-state index in [4.69, 9.17) is 0 Å². The van der Waals surface area contributed by atoms with Gasteiger partial charge >= 0.3 is 0 Å². The third-order valence-electron chi connectivity index (χ3n) is 3.73. The number of piperidine rings is 1. The van der Waals surface area contributed by atoms with Gasteiger partial charge in [0.25, 0.3) is 0 Å². The number of thiazole rings is 1. The van der Waals surface area contributed by atoms with Crippen molar-refractivity contribution in [1.82, 2.24) is 10.3 Å². The van der Waals surface area contributed by atoms with Crippen molar-refractivity contribution < 1.29 is 4.79 Å². The van der Waals surface area contributed by atoms with E-state index in [2.05, 4.69) is 27.9 Å². The molecule has 1 saturated heterocycles. The van der Waals surface area contributed by atoms with Crippen LogP contribution < -0.4 is 10.6 Å². The van der Waals surface area contributed by atoms with Crippen LogP contribution in [-0.2, 0) is 4.79 Å². The number of nitrogens with zero attached hydrogens (tertiary/aromatic N) is 1. The molecule has 0 spiro atoms. The van der Waals surface area contributed by atoms with Crippen molar-refractivity contribution in [3.05, 3.63) is 11.1 Å². The lowest BCUT2D eigenvalue weighted by atomic mass is 9.94. The smallest absolute Gasteiger partial charge is 0.243 e. The molecule has 4 nitrogen and oxygen atoms in total. The third-order valence-corrected chi connectivity index (χ3v) is 4.51. The zero-order chi connectivity index (χ0) is 12.5. The Morgan fingerprint density at radius 3 is 3.06 bits per heavy atom. The molecule has 1 aliphatic carbocycles. The predicted molar refractivity (Wildman–Crippen MR) is 72.9 cm³/mol. The summed E-state index contributed by atoms with van der Waals surface area (Å²) >= 11 is 1.54. The zero-order valence-electron chi connectivity index (χ0n) is 10.6. The predicted octanol–water partition coefficient (Wildman–Crippen LogP) is 2.35. The SMILES string of the molecule is CC1CCNC(C(=O)Nc2nc(C3CC3)cs2)C1. The molecule has 0 radical (unpaired) electrons. The maximum Gasteiger partial charge on any atom is 0.243 e. The first-order valence-electron chi connectivity index (χ1n) is 6.72. The molecule has 1 aromatic heterocycles. The number of rotatable bonds is 3. The molecular weight excluding hydrogens is 246 g/mol. The van der Waals surface area contributed by atoms with Gasteiger partial charge in [0.05, 0.1) is 11.7 Å². The van der Waals surface area contributed by atoms with Crippen LogP contribution in [0.1, 0.15) is 44.2 Å². The van der Waals surface area contributed by atoms with Crippen LogP contribution in [0.2, 0.25) is 0 Å². The van der Waals surface area contributed by atoms with Gasteiger partial charge in [-0.1, -0.05) is 6.92 Å². The topological polar surface area (TPSA) is 54.0 Å². The quantitative estimate of drug-likeness (QED) is 0.882. The maximum atomic E-state index is 12.1. The molecule has 1 saturated carbocycles. The Kier molecular flexibility index (Phi) is 3.35. The minimum atomic E-state index is -0.0537. The first-order chi connectivity index (χ1) is 8.72. The van der Waals surface area contributed by atoms with Crippen LogP contribution in [-0.4, -0.2) is 23.5 Å². The number of amides is 1. The second-order valence-corrected chi connectivity index (χ2v) is 6.34. The van der Waals surface area contributed by atoms with Crippen LogP contribution in [0.4, 0.5) is 5.13 Å². The summed E-state index contributed by atoms with van der Waals surface area (Å²) in [6.45, 7) is 3.14. The van der Waals surface area contributed by atoms with Crippen LogP contribution in [0.25, 0.3) is 0 Å². The average Bonchev–Trinajstić information content (AvgIpc) is 3.11. The van der Waals surface area contributed by atoms with E-state index in [0.29, 0.717) is 11.8 Å². The molecule has 2 aliphatic rings. The van der Waals surface area contributed by atoms with Gasteiger partial charge in [-0.15, -0.1) is 11.3 Å². The van der Waals surface area contributed by atoms with Crippen molar-refractivity contribution >= 4 is 22.4 Å². The zero-order valence-corrected chi connectivity index (χ0v) is 11.4. The van der Waals surface area contributed by atoms with Crippen LogP contribution in [0, 0.1) is 5.92 Å². The summed E-state index contributed by atoms with van der Waals surface area (Å²) in [6.07, 6.45) is 4.58. The monoisotopic (exact) mass is 265 g/mol. The van der Waals surface area contributed by atoms with Gasteiger partial charge in [0.15, 0.2) is 5.13 Å². The van der Waals surface area contributed by atoms with E-state index in [-0.39, 0.29) is 11.9 Å². The first-order valence-corrected chi connectivity index (χ1v) is 7.60. The number of hydrogen-bond acceptors (Lipinski definition) is 4. The fourth-order valence-electron chi connectivity index (χ4n) is 2.41. The van der Waals surface area contributed by atoms with Gasteiger partial charge < -0.3 is 10.6 Å². The van der Waals surface area contributed by atoms with Gasteiger partial charge in [-0.25, -0.2) is 4.98 Å². The average molecular weight is 265 g/mol. The Morgan fingerprint density at radius 2 is 2.33 bits per heavy atom. The number of aromatic nitrogens is 1. The van der Waals surface area contributed by atoms with E-state index in [1.165, 1.54) is 12.8 Å². The van der Waals surface area contributed by atoms with Gasteiger partial charge in [-0.05, 0) is 38.1 Å². The van der Waals surface area contributed by atoms with E-state index >= 15 is 0 Å². The highest BCUT2D eigenvalue weighted by molar-refractivity contribution is 7.13. The van der Waals surface area contributed by atoms with Crippen molar-refractivity contribution in [2.75, 3.05) is 11.9 Å². The van der Waals surface area contributed by atoms with Crippen molar-refractivity contribution in [2.45, 2.75) is 44.6 Å². The molecule has 0 bridgehead atoms. The van der Waals surface area contributed by atoms with Gasteiger partial charge in [-0.3, -0.25) is 4.79 Å².